The maximum absolute atomic E-state index is 6.24. The molecular formula is C16H15Cl3N2O. The highest BCUT2D eigenvalue weighted by Crippen LogP contribution is 2.38. The molecular weight excluding hydrogens is 343 g/mol. The number of hydrogen-bond donors (Lipinski definition) is 1. The molecule has 1 N–H and O–H groups in total. The molecule has 1 aliphatic rings. The standard InChI is InChI=1S/C16H15Cl3N2O/c1-20-16(4-5-16)9-22-11-7-13(15(19)21-8-11)12-6-10(17)2-3-14(12)18/h2-3,6-8,20H,4-5,9H2,1H3. The van der Waals surface area contributed by atoms with Gasteiger partial charge in [-0.3, -0.25) is 0 Å². The predicted octanol–water partition coefficient (Wildman–Crippen LogP) is 4.84. The van der Waals surface area contributed by atoms with Gasteiger partial charge in [0.05, 0.1) is 11.7 Å². The molecule has 1 aromatic carbocycles. The first-order valence-electron chi connectivity index (χ1n) is 6.96. The highest BCUT2D eigenvalue weighted by atomic mass is 35.5. The van der Waals surface area contributed by atoms with Crippen LogP contribution in [0, 0.1) is 0 Å². The second-order valence-corrected chi connectivity index (χ2v) is 6.65. The van der Waals surface area contributed by atoms with Gasteiger partial charge in [-0.05, 0) is 44.2 Å². The Morgan fingerprint density at radius 1 is 1.18 bits per heavy atom. The average Bonchev–Trinajstić information content (AvgIpc) is 3.30. The maximum atomic E-state index is 6.24. The van der Waals surface area contributed by atoms with Crippen LogP contribution in [0.1, 0.15) is 12.8 Å². The minimum absolute atomic E-state index is 0.105. The van der Waals surface area contributed by atoms with E-state index in [4.69, 9.17) is 39.5 Å². The van der Waals surface area contributed by atoms with Crippen molar-refractivity contribution in [2.45, 2.75) is 18.4 Å². The monoisotopic (exact) mass is 356 g/mol. The molecule has 0 atom stereocenters. The third-order valence-corrected chi connectivity index (χ3v) is 4.80. The van der Waals surface area contributed by atoms with E-state index in [-0.39, 0.29) is 5.54 Å². The van der Waals surface area contributed by atoms with Crippen LogP contribution >= 0.6 is 34.8 Å². The number of likely N-dealkylation sites (N-methyl/N-ethyl adjacent to an activating group) is 1. The lowest BCUT2D eigenvalue weighted by Gasteiger charge is -2.16. The Balaban J connectivity index is 1.88. The third kappa shape index (κ3) is 3.33. The molecule has 1 heterocycles. The summed E-state index contributed by atoms with van der Waals surface area (Å²) in [7, 11) is 1.95. The number of hydrogen-bond acceptors (Lipinski definition) is 3. The molecule has 116 valence electrons. The molecule has 0 spiro atoms. The van der Waals surface area contributed by atoms with Gasteiger partial charge in [-0.2, -0.15) is 0 Å². The molecule has 22 heavy (non-hydrogen) atoms. The lowest BCUT2D eigenvalue weighted by Crippen LogP contribution is -2.33. The van der Waals surface area contributed by atoms with Crippen molar-refractivity contribution in [1.29, 1.82) is 0 Å². The molecule has 0 saturated heterocycles. The molecule has 2 aromatic rings. The highest BCUT2D eigenvalue weighted by molar-refractivity contribution is 6.37. The summed E-state index contributed by atoms with van der Waals surface area (Å²) in [5, 5.41) is 4.81. The Bertz CT molecular complexity index is 702. The van der Waals surface area contributed by atoms with Crippen molar-refractivity contribution < 1.29 is 4.74 Å². The van der Waals surface area contributed by atoms with Crippen LogP contribution in [0.2, 0.25) is 15.2 Å². The zero-order valence-electron chi connectivity index (χ0n) is 12.0. The Kier molecular flexibility index (Phi) is 4.51. The summed E-state index contributed by atoms with van der Waals surface area (Å²) in [6.45, 7) is 0.607. The van der Waals surface area contributed by atoms with Crippen LogP contribution in [0.15, 0.2) is 30.5 Å². The van der Waals surface area contributed by atoms with Crippen molar-refractivity contribution in [3.05, 3.63) is 45.7 Å². The molecule has 1 aromatic heterocycles. The summed E-state index contributed by atoms with van der Waals surface area (Å²) in [4.78, 5) is 4.19. The van der Waals surface area contributed by atoms with Gasteiger partial charge in [0.15, 0.2) is 0 Å². The van der Waals surface area contributed by atoms with Crippen LogP contribution in [0.5, 0.6) is 5.75 Å². The molecule has 1 aliphatic carbocycles. The largest absolute Gasteiger partial charge is 0.490 e. The van der Waals surface area contributed by atoms with Crippen molar-refractivity contribution in [2.75, 3.05) is 13.7 Å². The van der Waals surface area contributed by atoms with Gasteiger partial charge in [0, 0.05) is 21.2 Å². The lowest BCUT2D eigenvalue weighted by molar-refractivity contribution is 0.259. The van der Waals surface area contributed by atoms with Crippen LogP contribution in [-0.2, 0) is 0 Å². The van der Waals surface area contributed by atoms with Gasteiger partial charge < -0.3 is 10.1 Å². The van der Waals surface area contributed by atoms with Crippen molar-refractivity contribution in [2.24, 2.45) is 0 Å². The van der Waals surface area contributed by atoms with Crippen molar-refractivity contribution in [3.8, 4) is 16.9 Å². The molecule has 0 aliphatic heterocycles. The normalized spacial score (nSPS) is 15.6. The Morgan fingerprint density at radius 3 is 2.64 bits per heavy atom. The number of benzene rings is 1. The Hall–Kier alpha value is -1.00. The van der Waals surface area contributed by atoms with Crippen molar-refractivity contribution in [1.82, 2.24) is 10.3 Å². The first kappa shape index (κ1) is 15.9. The molecule has 0 unspecified atom stereocenters. The van der Waals surface area contributed by atoms with E-state index >= 15 is 0 Å². The fraction of sp³-hybridized carbons (Fsp3) is 0.312. The topological polar surface area (TPSA) is 34.1 Å². The number of nitrogens with one attached hydrogen (secondary N) is 1. The Labute approximate surface area is 144 Å². The minimum Gasteiger partial charge on any atom is -0.490 e. The zero-order valence-corrected chi connectivity index (χ0v) is 14.3. The molecule has 3 nitrogen and oxygen atoms in total. The van der Waals surface area contributed by atoms with Crippen molar-refractivity contribution >= 4 is 34.8 Å². The van der Waals surface area contributed by atoms with Gasteiger partial charge in [-0.25, -0.2) is 4.98 Å². The first-order chi connectivity index (χ1) is 10.5. The van der Waals surface area contributed by atoms with E-state index < -0.39 is 0 Å². The number of ether oxygens (including phenoxy) is 1. The number of nitrogens with zero attached hydrogens (tertiary/aromatic N) is 1. The summed E-state index contributed by atoms with van der Waals surface area (Å²) >= 11 is 18.5. The number of halogens is 3. The summed E-state index contributed by atoms with van der Waals surface area (Å²) < 4.78 is 5.85. The Morgan fingerprint density at radius 2 is 1.95 bits per heavy atom. The van der Waals surface area contributed by atoms with Gasteiger partial charge in [-0.15, -0.1) is 0 Å². The average molecular weight is 358 g/mol. The first-order valence-corrected chi connectivity index (χ1v) is 8.09. The summed E-state index contributed by atoms with van der Waals surface area (Å²) in [5.41, 5.74) is 1.56. The lowest BCUT2D eigenvalue weighted by atomic mass is 10.1. The van der Waals surface area contributed by atoms with E-state index in [0.717, 1.165) is 18.4 Å². The maximum Gasteiger partial charge on any atom is 0.138 e. The van der Waals surface area contributed by atoms with E-state index in [1.54, 1.807) is 24.4 Å². The van der Waals surface area contributed by atoms with Crippen LogP contribution < -0.4 is 10.1 Å². The van der Waals surface area contributed by atoms with Gasteiger partial charge in [0.2, 0.25) is 0 Å². The highest BCUT2D eigenvalue weighted by Gasteiger charge is 2.41. The number of aromatic nitrogens is 1. The predicted molar refractivity (Wildman–Crippen MR) is 91.2 cm³/mol. The summed E-state index contributed by atoms with van der Waals surface area (Å²) in [6, 6.07) is 7.09. The van der Waals surface area contributed by atoms with Crippen LogP contribution in [0.4, 0.5) is 0 Å². The van der Waals surface area contributed by atoms with E-state index in [0.29, 0.717) is 33.1 Å². The zero-order chi connectivity index (χ0) is 15.7. The van der Waals surface area contributed by atoms with Crippen LogP contribution in [-0.4, -0.2) is 24.2 Å². The van der Waals surface area contributed by atoms with Gasteiger partial charge >= 0.3 is 0 Å². The van der Waals surface area contributed by atoms with Crippen molar-refractivity contribution in [3.63, 3.8) is 0 Å². The smallest absolute Gasteiger partial charge is 0.138 e. The quantitative estimate of drug-likeness (QED) is 0.778. The third-order valence-electron chi connectivity index (χ3n) is 3.93. The molecule has 1 fully saturated rings. The van der Waals surface area contributed by atoms with Crippen LogP contribution in [0.3, 0.4) is 0 Å². The molecule has 6 heteroatoms. The van der Waals surface area contributed by atoms with Gasteiger partial charge in [0.1, 0.15) is 17.5 Å². The van der Waals surface area contributed by atoms with E-state index in [9.17, 15) is 0 Å². The summed E-state index contributed by atoms with van der Waals surface area (Å²) in [6.07, 6.45) is 3.87. The SMILES string of the molecule is CNC1(COc2cnc(Cl)c(-c3cc(Cl)ccc3Cl)c2)CC1. The molecule has 0 amide bonds. The number of rotatable bonds is 5. The van der Waals surface area contributed by atoms with E-state index in [1.165, 1.54) is 0 Å². The van der Waals surface area contributed by atoms with E-state index in [2.05, 4.69) is 10.3 Å². The fourth-order valence-corrected chi connectivity index (χ4v) is 2.84. The fourth-order valence-electron chi connectivity index (χ4n) is 2.24. The number of pyridine rings is 1. The minimum atomic E-state index is 0.105. The second-order valence-electron chi connectivity index (χ2n) is 5.45. The van der Waals surface area contributed by atoms with E-state index in [1.807, 2.05) is 13.1 Å². The van der Waals surface area contributed by atoms with Gasteiger partial charge in [0.25, 0.3) is 0 Å². The molecule has 3 rings (SSSR count). The van der Waals surface area contributed by atoms with Crippen LogP contribution in [0.25, 0.3) is 11.1 Å². The van der Waals surface area contributed by atoms with Gasteiger partial charge in [-0.1, -0.05) is 34.8 Å². The molecule has 0 bridgehead atoms. The second kappa shape index (κ2) is 6.25. The molecule has 1 saturated carbocycles. The summed E-state index contributed by atoms with van der Waals surface area (Å²) in [5.74, 6) is 0.664. The molecule has 0 radical (unpaired) electrons.